The average Bonchev–Trinajstić information content (AvgIpc) is 3.01. The zero-order chi connectivity index (χ0) is 22.3. The first-order valence-corrected chi connectivity index (χ1v) is 10.6. The molecular formula is C24H25N5O3. The molecule has 1 unspecified atom stereocenters. The number of benzene rings is 1. The first-order valence-electron chi connectivity index (χ1n) is 10.6. The van der Waals surface area contributed by atoms with Crippen molar-refractivity contribution in [3.63, 3.8) is 0 Å². The predicted molar refractivity (Wildman–Crippen MR) is 119 cm³/mol. The topological polar surface area (TPSA) is 97.3 Å². The number of rotatable bonds is 6. The van der Waals surface area contributed by atoms with E-state index in [1.165, 1.54) is 12.4 Å². The van der Waals surface area contributed by atoms with Gasteiger partial charge in [0.25, 0.3) is 5.91 Å². The van der Waals surface area contributed by atoms with E-state index in [0.717, 1.165) is 11.3 Å². The number of nitrogens with zero attached hydrogens (tertiary/aromatic N) is 4. The summed E-state index contributed by atoms with van der Waals surface area (Å²) >= 11 is 0. The van der Waals surface area contributed by atoms with Crippen molar-refractivity contribution in [3.8, 4) is 17.3 Å². The molecule has 8 nitrogen and oxygen atoms in total. The molecule has 3 aromatic rings. The van der Waals surface area contributed by atoms with Crippen LogP contribution in [0.5, 0.6) is 5.75 Å². The van der Waals surface area contributed by atoms with Gasteiger partial charge in [0, 0.05) is 44.1 Å². The fourth-order valence-electron chi connectivity index (χ4n) is 3.68. The fourth-order valence-corrected chi connectivity index (χ4v) is 3.68. The zero-order valence-electron chi connectivity index (χ0n) is 17.9. The molecule has 0 spiro atoms. The van der Waals surface area contributed by atoms with Crippen molar-refractivity contribution in [3.05, 3.63) is 72.2 Å². The molecule has 0 radical (unpaired) electrons. The van der Waals surface area contributed by atoms with Crippen LogP contribution in [0.15, 0.2) is 61.1 Å². The third kappa shape index (κ3) is 5.26. The van der Waals surface area contributed by atoms with E-state index >= 15 is 0 Å². The number of amides is 2. The normalized spacial score (nSPS) is 16.3. The molecular weight excluding hydrogens is 406 g/mol. The standard InChI is InChI=1S/C24H25N5O3/c1-32-20-6-4-5-17(13-20)16-29-12-10-19(8-9-22(29)30)28-24(31)18-14-26-23(27-15-18)21-7-2-3-11-25-21/h2-7,11,13-15,19H,8-10,12,16H2,1H3,(H,28,31). The second kappa shape index (κ2) is 10.00. The maximum Gasteiger partial charge on any atom is 0.254 e. The Morgan fingerprint density at radius 2 is 1.97 bits per heavy atom. The Bertz CT molecular complexity index is 1070. The number of likely N-dealkylation sites (tertiary alicyclic amines) is 1. The molecule has 2 amide bonds. The van der Waals surface area contributed by atoms with E-state index in [9.17, 15) is 9.59 Å². The lowest BCUT2D eigenvalue weighted by Gasteiger charge is -2.21. The minimum atomic E-state index is -0.240. The highest BCUT2D eigenvalue weighted by Crippen LogP contribution is 2.19. The van der Waals surface area contributed by atoms with Crippen molar-refractivity contribution >= 4 is 11.8 Å². The number of carbonyl (C=O) groups excluding carboxylic acids is 2. The molecule has 1 fully saturated rings. The van der Waals surface area contributed by atoms with E-state index in [4.69, 9.17) is 4.74 Å². The lowest BCUT2D eigenvalue weighted by atomic mass is 10.1. The molecule has 1 aliphatic heterocycles. The summed E-state index contributed by atoms with van der Waals surface area (Å²) in [6.45, 7) is 1.11. The summed E-state index contributed by atoms with van der Waals surface area (Å²) in [6, 6.07) is 13.1. The summed E-state index contributed by atoms with van der Waals surface area (Å²) in [5.41, 5.74) is 2.05. The van der Waals surface area contributed by atoms with Gasteiger partial charge in [0.2, 0.25) is 5.91 Å². The van der Waals surface area contributed by atoms with Crippen LogP contribution >= 0.6 is 0 Å². The molecule has 0 saturated carbocycles. The van der Waals surface area contributed by atoms with Crippen LogP contribution in [0.3, 0.4) is 0 Å². The molecule has 164 valence electrons. The van der Waals surface area contributed by atoms with E-state index in [0.29, 0.717) is 49.4 Å². The van der Waals surface area contributed by atoms with Gasteiger partial charge in [-0.25, -0.2) is 9.97 Å². The minimum absolute atomic E-state index is 0.0859. The zero-order valence-corrected chi connectivity index (χ0v) is 17.9. The molecule has 8 heteroatoms. The molecule has 0 bridgehead atoms. The molecule has 4 rings (SSSR count). The number of carbonyl (C=O) groups is 2. The number of aromatic nitrogens is 3. The number of pyridine rings is 1. The quantitative estimate of drug-likeness (QED) is 0.645. The number of hydrogen-bond acceptors (Lipinski definition) is 6. The number of hydrogen-bond donors (Lipinski definition) is 1. The third-order valence-electron chi connectivity index (χ3n) is 5.46. The molecule has 1 saturated heterocycles. The van der Waals surface area contributed by atoms with Crippen molar-refractivity contribution in [1.29, 1.82) is 0 Å². The van der Waals surface area contributed by atoms with Crippen LogP contribution in [-0.2, 0) is 11.3 Å². The summed E-state index contributed by atoms with van der Waals surface area (Å²) in [6.07, 6.45) is 6.36. The van der Waals surface area contributed by atoms with Gasteiger partial charge in [-0.15, -0.1) is 0 Å². The van der Waals surface area contributed by atoms with Gasteiger partial charge in [-0.3, -0.25) is 14.6 Å². The predicted octanol–water partition coefficient (Wildman–Crippen LogP) is 2.86. The van der Waals surface area contributed by atoms with Crippen molar-refractivity contribution in [2.24, 2.45) is 0 Å². The Balaban J connectivity index is 1.35. The molecule has 3 heterocycles. The summed E-state index contributed by atoms with van der Waals surface area (Å²) < 4.78 is 5.27. The summed E-state index contributed by atoms with van der Waals surface area (Å²) in [5, 5.41) is 3.02. The average molecular weight is 431 g/mol. The molecule has 1 N–H and O–H groups in total. The lowest BCUT2D eigenvalue weighted by Crippen LogP contribution is -2.36. The second-order valence-corrected chi connectivity index (χ2v) is 7.67. The van der Waals surface area contributed by atoms with Crippen LogP contribution in [0.1, 0.15) is 35.2 Å². The van der Waals surface area contributed by atoms with Crippen LogP contribution in [0.25, 0.3) is 11.5 Å². The smallest absolute Gasteiger partial charge is 0.254 e. The number of ether oxygens (including phenoxy) is 1. The highest BCUT2D eigenvalue weighted by molar-refractivity contribution is 5.94. The van der Waals surface area contributed by atoms with Gasteiger partial charge < -0.3 is 15.0 Å². The monoisotopic (exact) mass is 431 g/mol. The van der Waals surface area contributed by atoms with Crippen LogP contribution < -0.4 is 10.1 Å². The van der Waals surface area contributed by atoms with Crippen molar-refractivity contribution in [1.82, 2.24) is 25.2 Å². The highest BCUT2D eigenvalue weighted by Gasteiger charge is 2.24. The Labute approximate surface area is 186 Å². The van der Waals surface area contributed by atoms with Gasteiger partial charge in [0.05, 0.1) is 12.7 Å². The second-order valence-electron chi connectivity index (χ2n) is 7.67. The first kappa shape index (κ1) is 21.4. The van der Waals surface area contributed by atoms with Gasteiger partial charge in [-0.1, -0.05) is 18.2 Å². The highest BCUT2D eigenvalue weighted by atomic mass is 16.5. The SMILES string of the molecule is COc1cccc(CN2CCC(NC(=O)c3cnc(-c4ccccn4)nc3)CCC2=O)c1. The van der Waals surface area contributed by atoms with Gasteiger partial charge in [0.1, 0.15) is 11.4 Å². The molecule has 1 aliphatic rings. The number of nitrogens with one attached hydrogen (secondary N) is 1. The van der Waals surface area contributed by atoms with E-state index in [2.05, 4.69) is 20.3 Å². The van der Waals surface area contributed by atoms with E-state index < -0.39 is 0 Å². The van der Waals surface area contributed by atoms with Crippen molar-refractivity contribution in [2.75, 3.05) is 13.7 Å². The van der Waals surface area contributed by atoms with E-state index in [-0.39, 0.29) is 17.9 Å². The van der Waals surface area contributed by atoms with Crippen LogP contribution in [0.2, 0.25) is 0 Å². The molecule has 1 aromatic carbocycles. The van der Waals surface area contributed by atoms with Gasteiger partial charge in [0.15, 0.2) is 5.82 Å². The maximum atomic E-state index is 12.7. The van der Waals surface area contributed by atoms with Gasteiger partial charge in [-0.05, 0) is 42.7 Å². The molecule has 2 aromatic heterocycles. The van der Waals surface area contributed by atoms with Crippen LogP contribution in [-0.4, -0.2) is 51.4 Å². The van der Waals surface area contributed by atoms with Gasteiger partial charge in [-0.2, -0.15) is 0 Å². The minimum Gasteiger partial charge on any atom is -0.497 e. The molecule has 32 heavy (non-hydrogen) atoms. The maximum absolute atomic E-state index is 12.7. The Morgan fingerprint density at radius 3 is 2.72 bits per heavy atom. The number of methoxy groups -OCH3 is 1. The Hall–Kier alpha value is -3.81. The van der Waals surface area contributed by atoms with Crippen LogP contribution in [0, 0.1) is 0 Å². The van der Waals surface area contributed by atoms with Crippen molar-refractivity contribution < 1.29 is 14.3 Å². The van der Waals surface area contributed by atoms with Crippen molar-refractivity contribution in [2.45, 2.75) is 31.8 Å². The van der Waals surface area contributed by atoms with E-state index in [1.807, 2.05) is 47.4 Å². The summed E-state index contributed by atoms with van der Waals surface area (Å²) in [7, 11) is 1.63. The lowest BCUT2D eigenvalue weighted by molar-refractivity contribution is -0.131. The third-order valence-corrected chi connectivity index (χ3v) is 5.46. The summed E-state index contributed by atoms with van der Waals surface area (Å²) in [4.78, 5) is 39.9. The fraction of sp³-hybridized carbons (Fsp3) is 0.292. The Kier molecular flexibility index (Phi) is 6.69. The van der Waals surface area contributed by atoms with E-state index in [1.54, 1.807) is 13.3 Å². The summed E-state index contributed by atoms with van der Waals surface area (Å²) in [5.74, 6) is 1.09. The first-order chi connectivity index (χ1) is 15.6. The van der Waals surface area contributed by atoms with Gasteiger partial charge >= 0.3 is 0 Å². The molecule has 1 atom stereocenters. The Morgan fingerprint density at radius 1 is 1.12 bits per heavy atom. The largest absolute Gasteiger partial charge is 0.497 e. The van der Waals surface area contributed by atoms with Crippen LogP contribution in [0.4, 0.5) is 0 Å². The molecule has 0 aliphatic carbocycles.